The van der Waals surface area contributed by atoms with Gasteiger partial charge in [0.2, 0.25) is 4.77 Å². The van der Waals surface area contributed by atoms with E-state index in [1.54, 1.807) is 18.6 Å². The lowest BCUT2D eigenvalue weighted by Crippen LogP contribution is -1.87. The average molecular weight is 290 g/mol. The molecule has 8 heteroatoms. The van der Waals surface area contributed by atoms with Gasteiger partial charge in [-0.1, -0.05) is 6.92 Å². The van der Waals surface area contributed by atoms with Gasteiger partial charge in [-0.05, 0) is 18.6 Å². The summed E-state index contributed by atoms with van der Waals surface area (Å²) in [7, 11) is 0. The van der Waals surface area contributed by atoms with Crippen molar-refractivity contribution in [3.63, 3.8) is 0 Å². The Morgan fingerprint density at radius 2 is 2.16 bits per heavy atom. The monoisotopic (exact) mass is 290 g/mol. The Bertz CT molecular complexity index is 742. The maximum atomic E-state index is 4.98. The number of nitrogens with one attached hydrogen (secondary N) is 2. The maximum absolute atomic E-state index is 4.98. The van der Waals surface area contributed by atoms with Gasteiger partial charge in [0.05, 0.1) is 16.8 Å². The number of thiazole rings is 1. The van der Waals surface area contributed by atoms with Crippen molar-refractivity contribution >= 4 is 23.6 Å². The zero-order chi connectivity index (χ0) is 13.2. The van der Waals surface area contributed by atoms with Crippen molar-refractivity contribution in [3.05, 3.63) is 29.1 Å². The van der Waals surface area contributed by atoms with Crippen molar-refractivity contribution < 1.29 is 0 Å². The molecule has 0 aliphatic heterocycles. The van der Waals surface area contributed by atoms with Crippen LogP contribution in [-0.2, 0) is 6.42 Å². The lowest BCUT2D eigenvalue weighted by molar-refractivity contribution is 1.05. The third-order valence-corrected chi connectivity index (χ3v) is 3.85. The summed E-state index contributed by atoms with van der Waals surface area (Å²) in [5.41, 5.74) is 1.74. The van der Waals surface area contributed by atoms with Gasteiger partial charge < -0.3 is 0 Å². The van der Waals surface area contributed by atoms with E-state index in [1.807, 2.05) is 0 Å². The van der Waals surface area contributed by atoms with Crippen LogP contribution in [0.25, 0.3) is 21.4 Å². The van der Waals surface area contributed by atoms with Gasteiger partial charge >= 0.3 is 0 Å². The molecule has 19 heavy (non-hydrogen) atoms. The maximum Gasteiger partial charge on any atom is 0.213 e. The fourth-order valence-electron chi connectivity index (χ4n) is 1.67. The summed E-state index contributed by atoms with van der Waals surface area (Å²) in [4.78, 5) is 18.1. The van der Waals surface area contributed by atoms with Gasteiger partial charge in [0.25, 0.3) is 0 Å². The first-order valence-electron chi connectivity index (χ1n) is 5.69. The Morgan fingerprint density at radius 1 is 1.26 bits per heavy atom. The zero-order valence-corrected chi connectivity index (χ0v) is 11.7. The molecule has 0 bridgehead atoms. The van der Waals surface area contributed by atoms with Gasteiger partial charge in [-0.25, -0.2) is 4.98 Å². The number of hydrogen-bond acceptors (Lipinski definition) is 6. The molecule has 3 rings (SSSR count). The number of aromatic nitrogens is 6. The van der Waals surface area contributed by atoms with E-state index in [9.17, 15) is 0 Å². The lowest BCUT2D eigenvalue weighted by atomic mass is 10.3. The van der Waals surface area contributed by atoms with Crippen molar-refractivity contribution in [2.75, 3.05) is 0 Å². The second-order valence-corrected chi connectivity index (χ2v) is 5.14. The molecule has 0 fully saturated rings. The SMILES string of the molecule is CCc1nc(-c2cnccn2)sc1-c1nc(=S)[nH][nH]1. The average Bonchev–Trinajstić information content (AvgIpc) is 3.05. The Labute approximate surface area is 118 Å². The summed E-state index contributed by atoms with van der Waals surface area (Å²) in [6.07, 6.45) is 5.82. The molecule has 0 saturated carbocycles. The molecule has 0 unspecified atom stereocenters. The lowest BCUT2D eigenvalue weighted by Gasteiger charge is -1.92. The summed E-state index contributed by atoms with van der Waals surface area (Å²) in [5, 5.41) is 6.59. The highest BCUT2D eigenvalue weighted by molar-refractivity contribution is 7.71. The fraction of sp³-hybridized carbons (Fsp3) is 0.182. The summed E-state index contributed by atoms with van der Waals surface area (Å²) >= 11 is 6.51. The Balaban J connectivity index is 2.11. The van der Waals surface area contributed by atoms with E-state index in [4.69, 9.17) is 12.2 Å². The van der Waals surface area contributed by atoms with Crippen LogP contribution in [0.3, 0.4) is 0 Å². The summed E-state index contributed by atoms with van der Waals surface area (Å²) in [6.45, 7) is 2.06. The van der Waals surface area contributed by atoms with E-state index in [0.717, 1.165) is 33.5 Å². The summed E-state index contributed by atoms with van der Waals surface area (Å²) in [6, 6.07) is 0. The van der Waals surface area contributed by atoms with E-state index < -0.39 is 0 Å². The largest absolute Gasteiger partial charge is 0.281 e. The number of aromatic amines is 2. The molecule has 0 spiro atoms. The van der Waals surface area contributed by atoms with Gasteiger partial charge in [0.15, 0.2) is 5.82 Å². The fourth-order valence-corrected chi connectivity index (χ4v) is 2.88. The minimum absolute atomic E-state index is 0.437. The normalized spacial score (nSPS) is 10.8. The Morgan fingerprint density at radius 3 is 2.79 bits per heavy atom. The van der Waals surface area contributed by atoms with Crippen molar-refractivity contribution in [1.29, 1.82) is 0 Å². The Kier molecular flexibility index (Phi) is 3.18. The van der Waals surface area contributed by atoms with Crippen LogP contribution in [0, 0.1) is 4.77 Å². The van der Waals surface area contributed by atoms with Crippen LogP contribution < -0.4 is 0 Å². The quantitative estimate of drug-likeness (QED) is 0.724. The first-order chi connectivity index (χ1) is 9.28. The highest BCUT2D eigenvalue weighted by atomic mass is 32.1. The molecule has 6 nitrogen and oxygen atoms in total. The smallest absolute Gasteiger partial charge is 0.213 e. The molecule has 0 aromatic carbocycles. The predicted molar refractivity (Wildman–Crippen MR) is 75.3 cm³/mol. The van der Waals surface area contributed by atoms with Crippen LogP contribution in [0.15, 0.2) is 18.6 Å². The van der Waals surface area contributed by atoms with Crippen molar-refractivity contribution in [1.82, 2.24) is 30.1 Å². The molecular formula is C11H10N6S2. The van der Waals surface area contributed by atoms with E-state index in [2.05, 4.69) is 37.1 Å². The first-order valence-corrected chi connectivity index (χ1v) is 6.91. The molecule has 0 aliphatic rings. The predicted octanol–water partition coefficient (Wildman–Crippen LogP) is 2.61. The third kappa shape index (κ3) is 2.32. The molecule has 2 N–H and O–H groups in total. The number of nitrogens with zero attached hydrogens (tertiary/aromatic N) is 4. The first kappa shape index (κ1) is 12.1. The van der Waals surface area contributed by atoms with Crippen molar-refractivity contribution in [2.45, 2.75) is 13.3 Å². The van der Waals surface area contributed by atoms with Crippen molar-refractivity contribution in [3.8, 4) is 21.4 Å². The van der Waals surface area contributed by atoms with Crippen LogP contribution in [0.5, 0.6) is 0 Å². The van der Waals surface area contributed by atoms with E-state index in [-0.39, 0.29) is 0 Å². The van der Waals surface area contributed by atoms with Crippen LogP contribution in [0.2, 0.25) is 0 Å². The van der Waals surface area contributed by atoms with Crippen LogP contribution >= 0.6 is 23.6 Å². The molecule has 0 amide bonds. The second kappa shape index (κ2) is 4.98. The molecule has 3 aromatic heterocycles. The van der Waals surface area contributed by atoms with Gasteiger partial charge in [0.1, 0.15) is 10.7 Å². The molecule has 3 aromatic rings. The summed E-state index contributed by atoms with van der Waals surface area (Å²) < 4.78 is 0.437. The number of hydrogen-bond donors (Lipinski definition) is 2. The highest BCUT2D eigenvalue weighted by Gasteiger charge is 2.15. The minimum Gasteiger partial charge on any atom is -0.281 e. The molecule has 0 radical (unpaired) electrons. The zero-order valence-electron chi connectivity index (χ0n) is 10.0. The molecular weight excluding hydrogens is 280 g/mol. The number of H-pyrrole nitrogens is 2. The van der Waals surface area contributed by atoms with E-state index in [0.29, 0.717) is 4.77 Å². The molecule has 0 aliphatic carbocycles. The van der Waals surface area contributed by atoms with Crippen LogP contribution in [0.1, 0.15) is 12.6 Å². The minimum atomic E-state index is 0.437. The molecule has 0 saturated heterocycles. The van der Waals surface area contributed by atoms with E-state index in [1.165, 1.54) is 11.3 Å². The number of rotatable bonds is 3. The Hall–Kier alpha value is -1.93. The van der Waals surface area contributed by atoms with E-state index >= 15 is 0 Å². The van der Waals surface area contributed by atoms with Gasteiger partial charge in [-0.2, -0.15) is 4.98 Å². The topological polar surface area (TPSA) is 83.1 Å². The van der Waals surface area contributed by atoms with Gasteiger partial charge in [-0.3, -0.25) is 20.2 Å². The number of aryl methyl sites for hydroxylation is 1. The van der Waals surface area contributed by atoms with Gasteiger partial charge in [-0.15, -0.1) is 11.3 Å². The van der Waals surface area contributed by atoms with Crippen LogP contribution in [-0.4, -0.2) is 30.1 Å². The van der Waals surface area contributed by atoms with Crippen molar-refractivity contribution in [2.24, 2.45) is 0 Å². The third-order valence-electron chi connectivity index (χ3n) is 2.53. The van der Waals surface area contributed by atoms with Gasteiger partial charge in [0, 0.05) is 12.4 Å². The summed E-state index contributed by atoms with van der Waals surface area (Å²) in [5.74, 6) is 0.717. The van der Waals surface area contributed by atoms with Crippen LogP contribution in [0.4, 0.5) is 0 Å². The molecule has 0 atom stereocenters. The molecule has 96 valence electrons. The second-order valence-electron chi connectivity index (χ2n) is 3.75. The standard InChI is InChI=1S/C11H10N6S2/c1-2-6-8(9-15-11(18)17-16-9)19-10(14-6)7-5-12-3-4-13-7/h3-5H,2H2,1H3,(H2,15,16,17,18). The molecule has 3 heterocycles. The highest BCUT2D eigenvalue weighted by Crippen LogP contribution is 2.32.